The summed E-state index contributed by atoms with van der Waals surface area (Å²) in [6.45, 7) is 3.05. The third kappa shape index (κ3) is 3.79. The van der Waals surface area contributed by atoms with Crippen LogP contribution in [0.1, 0.15) is 18.4 Å². The molecule has 110 valence electrons. The van der Waals surface area contributed by atoms with Crippen LogP contribution in [0.15, 0.2) is 48.7 Å². The van der Waals surface area contributed by atoms with Gasteiger partial charge in [-0.15, -0.1) is 0 Å². The van der Waals surface area contributed by atoms with Gasteiger partial charge in [-0.3, -0.25) is 4.90 Å². The van der Waals surface area contributed by atoms with Crippen LogP contribution < -0.4 is 5.32 Å². The van der Waals surface area contributed by atoms with E-state index in [0.29, 0.717) is 11.9 Å². The lowest BCUT2D eigenvalue weighted by Crippen LogP contribution is -2.38. The number of hydrogen-bond donors (Lipinski definition) is 1. The number of anilines is 1. The maximum absolute atomic E-state index is 13.6. The molecule has 1 saturated heterocycles. The van der Waals surface area contributed by atoms with Crippen LogP contribution in [0.2, 0.25) is 0 Å². The lowest BCUT2D eigenvalue weighted by molar-refractivity contribution is 0.211. The number of halogens is 1. The van der Waals surface area contributed by atoms with E-state index in [1.807, 2.05) is 6.07 Å². The minimum absolute atomic E-state index is 0.274. The number of rotatable bonds is 4. The van der Waals surface area contributed by atoms with Crippen molar-refractivity contribution in [3.63, 3.8) is 0 Å². The molecule has 1 N–H and O–H groups in total. The van der Waals surface area contributed by atoms with Crippen molar-refractivity contribution in [2.75, 3.05) is 18.4 Å². The first-order valence-electron chi connectivity index (χ1n) is 7.44. The second-order valence-electron chi connectivity index (χ2n) is 5.51. The van der Waals surface area contributed by atoms with E-state index < -0.39 is 0 Å². The number of nitrogens with zero attached hydrogens (tertiary/aromatic N) is 2. The Bertz CT molecular complexity index is 565. The molecule has 1 aliphatic rings. The fourth-order valence-corrected chi connectivity index (χ4v) is 2.76. The van der Waals surface area contributed by atoms with E-state index in [-0.39, 0.29) is 5.82 Å². The van der Waals surface area contributed by atoms with Crippen molar-refractivity contribution >= 4 is 5.82 Å². The highest BCUT2D eigenvalue weighted by molar-refractivity contribution is 5.36. The van der Waals surface area contributed by atoms with Crippen molar-refractivity contribution in [3.05, 3.63) is 60.0 Å². The van der Waals surface area contributed by atoms with Gasteiger partial charge < -0.3 is 5.32 Å². The molecule has 0 radical (unpaired) electrons. The van der Waals surface area contributed by atoms with Crippen LogP contribution in [-0.2, 0) is 6.54 Å². The molecule has 1 fully saturated rings. The summed E-state index contributed by atoms with van der Waals surface area (Å²) < 4.78 is 13.6. The zero-order chi connectivity index (χ0) is 14.5. The number of benzene rings is 1. The van der Waals surface area contributed by atoms with E-state index in [4.69, 9.17) is 0 Å². The summed E-state index contributed by atoms with van der Waals surface area (Å²) in [5, 5.41) is 3.22. The van der Waals surface area contributed by atoms with Crippen molar-refractivity contribution in [1.82, 2.24) is 9.88 Å². The van der Waals surface area contributed by atoms with Crippen molar-refractivity contribution in [2.24, 2.45) is 0 Å². The number of hydrogen-bond acceptors (Lipinski definition) is 3. The molecule has 0 bridgehead atoms. The van der Waals surface area contributed by atoms with Crippen LogP contribution in [0.25, 0.3) is 0 Å². The first-order chi connectivity index (χ1) is 10.3. The normalized spacial score (nSPS) is 16.8. The summed E-state index contributed by atoms with van der Waals surface area (Å²) in [5.41, 5.74) is 1.35. The van der Waals surface area contributed by atoms with Gasteiger partial charge in [-0.05, 0) is 30.5 Å². The van der Waals surface area contributed by atoms with Crippen LogP contribution in [0.4, 0.5) is 10.2 Å². The molecule has 0 aliphatic carbocycles. The monoisotopic (exact) mass is 285 g/mol. The molecule has 0 saturated carbocycles. The van der Waals surface area contributed by atoms with Gasteiger partial charge in [0.25, 0.3) is 0 Å². The van der Waals surface area contributed by atoms with E-state index in [1.54, 1.807) is 12.3 Å². The summed E-state index contributed by atoms with van der Waals surface area (Å²) in [7, 11) is 0. The molecule has 2 heterocycles. The summed E-state index contributed by atoms with van der Waals surface area (Å²) in [4.78, 5) is 6.51. The number of likely N-dealkylation sites (tertiary alicyclic amines) is 1. The van der Waals surface area contributed by atoms with Crippen molar-refractivity contribution in [3.8, 4) is 0 Å². The topological polar surface area (TPSA) is 28.2 Å². The zero-order valence-corrected chi connectivity index (χ0v) is 12.0. The SMILES string of the molecule is Fc1cccnc1NC1CCN(Cc2ccccc2)CC1. The maximum atomic E-state index is 13.6. The largest absolute Gasteiger partial charge is 0.365 e. The van der Waals surface area contributed by atoms with Crippen molar-refractivity contribution in [2.45, 2.75) is 25.4 Å². The predicted octanol–water partition coefficient (Wildman–Crippen LogP) is 3.30. The zero-order valence-electron chi connectivity index (χ0n) is 12.0. The van der Waals surface area contributed by atoms with Gasteiger partial charge in [0.15, 0.2) is 11.6 Å². The summed E-state index contributed by atoms with van der Waals surface area (Å²) in [5.74, 6) is 0.100. The third-order valence-corrected chi connectivity index (χ3v) is 3.94. The third-order valence-electron chi connectivity index (χ3n) is 3.94. The van der Waals surface area contributed by atoms with E-state index in [0.717, 1.165) is 32.5 Å². The maximum Gasteiger partial charge on any atom is 0.165 e. The molecule has 0 unspecified atom stereocenters. The highest BCUT2D eigenvalue weighted by Crippen LogP contribution is 2.18. The van der Waals surface area contributed by atoms with Crippen LogP contribution in [0, 0.1) is 5.82 Å². The highest BCUT2D eigenvalue weighted by atomic mass is 19.1. The first kappa shape index (κ1) is 14.0. The van der Waals surface area contributed by atoms with Gasteiger partial charge in [0.1, 0.15) is 0 Å². The molecule has 0 atom stereocenters. The fraction of sp³-hybridized carbons (Fsp3) is 0.353. The Hall–Kier alpha value is -1.94. The van der Waals surface area contributed by atoms with E-state index in [2.05, 4.69) is 39.5 Å². The minimum atomic E-state index is -0.274. The van der Waals surface area contributed by atoms with Crippen LogP contribution in [0.3, 0.4) is 0 Å². The van der Waals surface area contributed by atoms with E-state index in [1.165, 1.54) is 11.6 Å². The molecule has 0 amide bonds. The summed E-state index contributed by atoms with van der Waals surface area (Å²) in [6.07, 6.45) is 3.65. The Kier molecular flexibility index (Phi) is 4.46. The Labute approximate surface area is 124 Å². The van der Waals surface area contributed by atoms with Crippen LogP contribution in [-0.4, -0.2) is 29.0 Å². The second-order valence-corrected chi connectivity index (χ2v) is 5.51. The summed E-state index contributed by atoms with van der Waals surface area (Å²) in [6, 6.07) is 13.9. The van der Waals surface area contributed by atoms with E-state index in [9.17, 15) is 4.39 Å². The number of nitrogens with one attached hydrogen (secondary N) is 1. The van der Waals surface area contributed by atoms with Gasteiger partial charge >= 0.3 is 0 Å². The van der Waals surface area contributed by atoms with E-state index >= 15 is 0 Å². The van der Waals surface area contributed by atoms with Crippen molar-refractivity contribution < 1.29 is 4.39 Å². The Balaban J connectivity index is 1.50. The highest BCUT2D eigenvalue weighted by Gasteiger charge is 2.20. The number of aromatic nitrogens is 1. The molecular formula is C17H20FN3. The molecular weight excluding hydrogens is 265 g/mol. The van der Waals surface area contributed by atoms with Crippen molar-refractivity contribution in [1.29, 1.82) is 0 Å². The molecule has 2 aromatic rings. The lowest BCUT2D eigenvalue weighted by Gasteiger charge is -2.32. The number of pyridine rings is 1. The standard InChI is InChI=1S/C17H20FN3/c18-16-7-4-10-19-17(16)20-15-8-11-21(12-9-15)13-14-5-2-1-3-6-14/h1-7,10,15H,8-9,11-13H2,(H,19,20). The number of piperidine rings is 1. The first-order valence-corrected chi connectivity index (χ1v) is 7.44. The molecule has 4 heteroatoms. The molecule has 3 rings (SSSR count). The van der Waals surface area contributed by atoms with Gasteiger partial charge in [-0.1, -0.05) is 30.3 Å². The molecule has 1 aromatic carbocycles. The molecule has 1 aromatic heterocycles. The van der Waals surface area contributed by atoms with Crippen LogP contribution in [0.5, 0.6) is 0 Å². The quantitative estimate of drug-likeness (QED) is 0.934. The Morgan fingerprint density at radius 3 is 2.57 bits per heavy atom. The average Bonchev–Trinajstić information content (AvgIpc) is 2.52. The molecule has 21 heavy (non-hydrogen) atoms. The molecule has 0 spiro atoms. The lowest BCUT2D eigenvalue weighted by atomic mass is 10.0. The smallest absolute Gasteiger partial charge is 0.165 e. The van der Waals surface area contributed by atoms with Gasteiger partial charge in [-0.25, -0.2) is 9.37 Å². The van der Waals surface area contributed by atoms with Crippen LogP contribution >= 0.6 is 0 Å². The molecule has 3 nitrogen and oxygen atoms in total. The average molecular weight is 285 g/mol. The van der Waals surface area contributed by atoms with Gasteiger partial charge in [0, 0.05) is 31.9 Å². The predicted molar refractivity (Wildman–Crippen MR) is 82.6 cm³/mol. The Morgan fingerprint density at radius 1 is 1.10 bits per heavy atom. The minimum Gasteiger partial charge on any atom is -0.365 e. The van der Waals surface area contributed by atoms with Gasteiger partial charge in [-0.2, -0.15) is 0 Å². The van der Waals surface area contributed by atoms with Gasteiger partial charge in [0.05, 0.1) is 0 Å². The molecule has 1 aliphatic heterocycles. The summed E-state index contributed by atoms with van der Waals surface area (Å²) >= 11 is 0. The fourth-order valence-electron chi connectivity index (χ4n) is 2.76. The van der Waals surface area contributed by atoms with Gasteiger partial charge in [0.2, 0.25) is 0 Å². The second kappa shape index (κ2) is 6.68. The Morgan fingerprint density at radius 2 is 1.86 bits per heavy atom.